The van der Waals surface area contributed by atoms with Crippen LogP contribution in [-0.4, -0.2) is 96.6 Å². The van der Waals surface area contributed by atoms with Crippen LogP contribution in [0.5, 0.6) is 0 Å². The van der Waals surface area contributed by atoms with E-state index in [0.29, 0.717) is 24.0 Å². The molecule has 9 nitrogen and oxygen atoms in total. The van der Waals surface area contributed by atoms with Crippen molar-refractivity contribution < 1.29 is 60.4 Å². The zero-order valence-electron chi connectivity index (χ0n) is 26.9. The number of aliphatic hydroxyl groups excluding tert-OH is 2. The summed E-state index contributed by atoms with van der Waals surface area (Å²) < 4.78 is 94.3. The Morgan fingerprint density at radius 2 is 0.878 bits per heavy atom. The van der Waals surface area contributed by atoms with E-state index >= 15 is 0 Å². The lowest BCUT2D eigenvalue weighted by Crippen LogP contribution is -2.38. The normalized spacial score (nSPS) is 18.9. The molecule has 0 saturated heterocycles. The lowest BCUT2D eigenvalue weighted by molar-refractivity contribution is -0.138. The molecule has 2 aromatic rings. The number of carbonyl (C=O) groups is 2. The second-order valence-corrected chi connectivity index (χ2v) is 11.4. The van der Waals surface area contributed by atoms with Gasteiger partial charge in [0.2, 0.25) is 0 Å². The van der Waals surface area contributed by atoms with Crippen molar-refractivity contribution in [2.45, 2.75) is 51.1 Å². The SMILES string of the molecule is CCC1C(c2ccc(C(F)(F)F)cc2)=C(O)C(=O)N1CCOCCOCCOCCN1C(=O)C(O)=C(c2ccc(C(F)(F)F)cc2)C1CC. The van der Waals surface area contributed by atoms with Crippen molar-refractivity contribution in [1.29, 1.82) is 0 Å². The van der Waals surface area contributed by atoms with Crippen LogP contribution in [0.15, 0.2) is 60.0 Å². The molecule has 0 saturated carbocycles. The highest BCUT2D eigenvalue weighted by Crippen LogP contribution is 2.38. The Balaban J connectivity index is 1.13. The van der Waals surface area contributed by atoms with Crippen molar-refractivity contribution in [2.75, 3.05) is 52.7 Å². The van der Waals surface area contributed by atoms with Gasteiger partial charge in [-0.3, -0.25) is 9.59 Å². The fourth-order valence-electron chi connectivity index (χ4n) is 5.98. The molecule has 0 aromatic heterocycles. The summed E-state index contributed by atoms with van der Waals surface area (Å²) in [7, 11) is 0. The number of hydrogen-bond donors (Lipinski definition) is 2. The van der Waals surface area contributed by atoms with E-state index in [-0.39, 0.29) is 63.9 Å². The number of alkyl halides is 6. The quantitative estimate of drug-likeness (QED) is 0.157. The number of carbonyl (C=O) groups excluding carboxylic acids is 2. The van der Waals surface area contributed by atoms with E-state index in [2.05, 4.69) is 0 Å². The average molecular weight is 701 g/mol. The molecule has 2 aliphatic rings. The number of ether oxygens (including phenoxy) is 3. The Morgan fingerprint density at radius 3 is 1.16 bits per heavy atom. The standard InChI is InChI=1S/C34H38F6N2O7/c1-3-25-27(21-5-9-23(10-6-21)33(35,36)37)29(43)31(45)41(25)13-15-47-17-19-49-20-18-48-16-14-42-26(4-2)28(30(44)32(42)46)22-7-11-24(12-8-22)34(38,39)40/h5-12,25-26,43-44H,3-4,13-20H2,1-2H3. The fourth-order valence-corrected chi connectivity index (χ4v) is 5.98. The lowest BCUT2D eigenvalue weighted by atomic mass is 9.96. The monoisotopic (exact) mass is 700 g/mol. The molecule has 2 atom stereocenters. The van der Waals surface area contributed by atoms with Gasteiger partial charge in [0.25, 0.3) is 11.8 Å². The van der Waals surface area contributed by atoms with Crippen LogP contribution in [0.1, 0.15) is 48.9 Å². The number of rotatable bonds is 16. The maximum atomic E-state index is 13.0. The maximum absolute atomic E-state index is 13.0. The van der Waals surface area contributed by atoms with E-state index in [0.717, 1.165) is 24.3 Å². The summed E-state index contributed by atoms with van der Waals surface area (Å²) in [4.78, 5) is 28.3. The first-order valence-electron chi connectivity index (χ1n) is 15.8. The van der Waals surface area contributed by atoms with Gasteiger partial charge in [-0.1, -0.05) is 38.1 Å². The van der Waals surface area contributed by atoms with Gasteiger partial charge in [0, 0.05) is 24.2 Å². The molecule has 2 amide bonds. The van der Waals surface area contributed by atoms with Gasteiger partial charge in [-0.2, -0.15) is 26.3 Å². The van der Waals surface area contributed by atoms with Crippen molar-refractivity contribution in [3.05, 3.63) is 82.3 Å². The van der Waals surface area contributed by atoms with E-state index in [1.165, 1.54) is 34.1 Å². The van der Waals surface area contributed by atoms with Crippen molar-refractivity contribution in [1.82, 2.24) is 9.80 Å². The van der Waals surface area contributed by atoms with Crippen molar-refractivity contribution in [3.63, 3.8) is 0 Å². The van der Waals surface area contributed by atoms with Crippen molar-refractivity contribution in [3.8, 4) is 0 Å². The molecule has 268 valence electrons. The first kappa shape index (κ1) is 37.7. The highest BCUT2D eigenvalue weighted by Gasteiger charge is 2.40. The molecule has 2 N–H and O–H groups in total. The third kappa shape index (κ3) is 8.75. The summed E-state index contributed by atoms with van der Waals surface area (Å²) >= 11 is 0. The molecular weight excluding hydrogens is 662 g/mol. The summed E-state index contributed by atoms with van der Waals surface area (Å²) in [6.45, 7) is 4.98. The topological polar surface area (TPSA) is 109 Å². The smallest absolute Gasteiger partial charge is 0.416 e. The lowest BCUT2D eigenvalue weighted by Gasteiger charge is -2.26. The molecule has 2 heterocycles. The Labute approximate surface area is 279 Å². The first-order chi connectivity index (χ1) is 23.2. The largest absolute Gasteiger partial charge is 0.503 e. The Bertz CT molecular complexity index is 1410. The van der Waals surface area contributed by atoms with Crippen LogP contribution in [0.2, 0.25) is 0 Å². The van der Waals surface area contributed by atoms with Gasteiger partial charge in [-0.05, 0) is 48.2 Å². The second-order valence-electron chi connectivity index (χ2n) is 11.4. The molecule has 15 heteroatoms. The van der Waals surface area contributed by atoms with Crippen LogP contribution in [0.4, 0.5) is 26.3 Å². The third-order valence-electron chi connectivity index (χ3n) is 8.37. The van der Waals surface area contributed by atoms with Gasteiger partial charge in [-0.15, -0.1) is 0 Å². The van der Waals surface area contributed by atoms with Gasteiger partial charge in [0.05, 0.1) is 62.9 Å². The number of aliphatic hydroxyl groups is 2. The van der Waals surface area contributed by atoms with Gasteiger partial charge < -0.3 is 34.2 Å². The number of halogens is 6. The molecule has 2 aliphatic heterocycles. The summed E-state index contributed by atoms with van der Waals surface area (Å²) in [5.41, 5.74) is -0.441. The molecule has 4 rings (SSSR count). The highest BCUT2D eigenvalue weighted by molar-refractivity contribution is 6.05. The number of benzene rings is 2. The zero-order chi connectivity index (χ0) is 35.9. The Morgan fingerprint density at radius 1 is 0.571 bits per heavy atom. The van der Waals surface area contributed by atoms with E-state index in [1.54, 1.807) is 13.8 Å². The maximum Gasteiger partial charge on any atom is 0.416 e. The average Bonchev–Trinajstić information content (AvgIpc) is 3.45. The molecule has 0 aliphatic carbocycles. The number of hydrogen-bond acceptors (Lipinski definition) is 7. The molecule has 0 radical (unpaired) electrons. The first-order valence-corrected chi connectivity index (χ1v) is 15.8. The van der Waals surface area contributed by atoms with Gasteiger partial charge >= 0.3 is 12.4 Å². The minimum Gasteiger partial charge on any atom is -0.503 e. The summed E-state index contributed by atoms with van der Waals surface area (Å²) in [6.07, 6.45) is -8.15. The summed E-state index contributed by atoms with van der Waals surface area (Å²) in [6, 6.07) is 7.55. The Kier molecular flexibility index (Phi) is 12.4. The Hall–Kier alpha value is -4.08. The van der Waals surface area contributed by atoms with E-state index < -0.39 is 58.9 Å². The third-order valence-corrected chi connectivity index (χ3v) is 8.37. The van der Waals surface area contributed by atoms with Crippen LogP contribution in [-0.2, 0) is 36.2 Å². The van der Waals surface area contributed by atoms with Crippen LogP contribution in [0, 0.1) is 0 Å². The van der Waals surface area contributed by atoms with Crippen LogP contribution < -0.4 is 0 Å². The molecule has 0 bridgehead atoms. The minimum atomic E-state index is -4.50. The van der Waals surface area contributed by atoms with Crippen molar-refractivity contribution in [2.24, 2.45) is 0 Å². The predicted octanol–water partition coefficient (Wildman–Crippen LogP) is 6.25. The summed E-state index contributed by atoms with van der Waals surface area (Å²) in [5.74, 6) is -2.24. The van der Waals surface area contributed by atoms with Crippen molar-refractivity contribution >= 4 is 23.0 Å². The van der Waals surface area contributed by atoms with Crippen LogP contribution in [0.25, 0.3) is 11.1 Å². The van der Waals surface area contributed by atoms with E-state index in [9.17, 15) is 46.1 Å². The molecule has 2 aromatic carbocycles. The van der Waals surface area contributed by atoms with Crippen LogP contribution >= 0.6 is 0 Å². The van der Waals surface area contributed by atoms with Gasteiger partial charge in [-0.25, -0.2) is 0 Å². The number of amides is 2. The molecule has 2 unspecified atom stereocenters. The number of nitrogens with zero attached hydrogens (tertiary/aromatic N) is 2. The molecule has 49 heavy (non-hydrogen) atoms. The predicted molar refractivity (Wildman–Crippen MR) is 166 cm³/mol. The van der Waals surface area contributed by atoms with Gasteiger partial charge in [0.15, 0.2) is 11.5 Å². The minimum absolute atomic E-state index is 0.132. The fraction of sp³-hybridized carbons (Fsp3) is 0.471. The second kappa shape index (κ2) is 16.1. The molecule has 0 fully saturated rings. The highest BCUT2D eigenvalue weighted by atomic mass is 19.4. The van der Waals surface area contributed by atoms with E-state index in [1.807, 2.05) is 0 Å². The molecular formula is C34H38F6N2O7. The summed E-state index contributed by atoms with van der Waals surface area (Å²) in [5, 5.41) is 21.0. The van der Waals surface area contributed by atoms with Crippen LogP contribution in [0.3, 0.4) is 0 Å². The van der Waals surface area contributed by atoms with E-state index in [4.69, 9.17) is 14.2 Å². The zero-order valence-corrected chi connectivity index (χ0v) is 26.9. The van der Waals surface area contributed by atoms with Gasteiger partial charge in [0.1, 0.15) is 0 Å². The molecule has 0 spiro atoms.